The van der Waals surface area contributed by atoms with Crippen LogP contribution in [0.1, 0.15) is 51.2 Å². The Bertz CT molecular complexity index is 1100. The van der Waals surface area contributed by atoms with Crippen molar-refractivity contribution in [3.63, 3.8) is 0 Å². The fourth-order valence-electron chi connectivity index (χ4n) is 3.59. The summed E-state index contributed by atoms with van der Waals surface area (Å²) in [6.45, 7) is 7.08. The Morgan fingerprint density at radius 2 is 1.65 bits per heavy atom. The van der Waals surface area contributed by atoms with Crippen molar-refractivity contribution in [1.29, 1.82) is 0 Å². The Balaban J connectivity index is 2.45. The summed E-state index contributed by atoms with van der Waals surface area (Å²) >= 11 is 0. The molecule has 9 heteroatoms. The van der Waals surface area contributed by atoms with Gasteiger partial charge in [-0.15, -0.1) is 0 Å². The highest BCUT2D eigenvalue weighted by Gasteiger charge is 2.31. The van der Waals surface area contributed by atoms with Gasteiger partial charge in [-0.05, 0) is 37.0 Å². The zero-order valence-corrected chi connectivity index (χ0v) is 21.2. The Labute approximate surface area is 202 Å². The lowest BCUT2D eigenvalue weighted by atomic mass is 10.0. The van der Waals surface area contributed by atoms with E-state index in [0.717, 1.165) is 16.1 Å². The van der Waals surface area contributed by atoms with Crippen LogP contribution in [0.25, 0.3) is 0 Å². The minimum Gasteiger partial charge on any atom is -0.354 e. The predicted octanol–water partition coefficient (Wildman–Crippen LogP) is 3.66. The summed E-state index contributed by atoms with van der Waals surface area (Å²) in [6.07, 6.45) is 1.75. The third-order valence-corrected chi connectivity index (χ3v) is 6.65. The molecule has 0 saturated heterocycles. The van der Waals surface area contributed by atoms with Gasteiger partial charge in [-0.2, -0.15) is 0 Å². The molecule has 0 radical (unpaired) electrons. The zero-order chi connectivity index (χ0) is 25.5. The smallest absolute Gasteiger partial charge is 0.244 e. The van der Waals surface area contributed by atoms with Crippen LogP contribution in [0.2, 0.25) is 0 Å². The Kier molecular flexibility index (Phi) is 9.61. The first-order chi connectivity index (χ1) is 16.0. The molecule has 0 heterocycles. The number of anilines is 1. The van der Waals surface area contributed by atoms with Crippen LogP contribution in [0.4, 0.5) is 10.1 Å². The van der Waals surface area contributed by atoms with Crippen LogP contribution in [0, 0.1) is 5.82 Å². The Morgan fingerprint density at radius 1 is 1.03 bits per heavy atom. The molecule has 0 bridgehead atoms. The van der Waals surface area contributed by atoms with Crippen LogP contribution in [-0.4, -0.2) is 50.5 Å². The van der Waals surface area contributed by atoms with E-state index in [0.29, 0.717) is 18.7 Å². The summed E-state index contributed by atoms with van der Waals surface area (Å²) in [5, 5.41) is 2.75. The average molecular weight is 492 g/mol. The number of halogens is 1. The second-order valence-electron chi connectivity index (χ2n) is 8.56. The number of hydrogen-bond donors (Lipinski definition) is 1. The molecule has 0 aliphatic heterocycles. The molecule has 1 N–H and O–H groups in total. The molecule has 0 fully saturated rings. The molecule has 0 aliphatic rings. The number of nitrogens with zero attached hydrogens (tertiary/aromatic N) is 2. The first-order valence-electron chi connectivity index (χ1n) is 11.3. The molecular formula is C25H34FN3O4S. The number of benzene rings is 2. The molecule has 2 aromatic carbocycles. The molecule has 1 atom stereocenters. The van der Waals surface area contributed by atoms with Crippen LogP contribution in [0.3, 0.4) is 0 Å². The standard InChI is InChI=1S/C25H34FN3O4S/c1-6-15-27-25(31)19(4)28(16-20-11-7-9-13-22(20)26)24(30)17-29(34(5,32)33)23-14-10-8-12-21(23)18(2)3/h7-14,18-19H,6,15-17H2,1-5H3,(H,27,31)/t19-/m0/s1. The molecule has 186 valence electrons. The molecule has 2 amide bonds. The van der Waals surface area contributed by atoms with Gasteiger partial charge in [0, 0.05) is 18.7 Å². The zero-order valence-electron chi connectivity index (χ0n) is 20.4. The minimum atomic E-state index is -3.83. The molecule has 7 nitrogen and oxygen atoms in total. The minimum absolute atomic E-state index is 0.0174. The highest BCUT2D eigenvalue weighted by atomic mass is 32.2. The highest BCUT2D eigenvalue weighted by Crippen LogP contribution is 2.29. The van der Waals surface area contributed by atoms with E-state index in [1.54, 1.807) is 25.1 Å². The van der Waals surface area contributed by atoms with E-state index in [2.05, 4.69) is 5.32 Å². The van der Waals surface area contributed by atoms with Gasteiger partial charge in [-0.25, -0.2) is 12.8 Å². The average Bonchev–Trinajstić information content (AvgIpc) is 2.79. The number of amides is 2. The topological polar surface area (TPSA) is 86.8 Å². The van der Waals surface area contributed by atoms with Crippen molar-refractivity contribution in [1.82, 2.24) is 10.2 Å². The van der Waals surface area contributed by atoms with E-state index in [9.17, 15) is 22.4 Å². The summed E-state index contributed by atoms with van der Waals surface area (Å²) in [6, 6.07) is 12.1. The van der Waals surface area contributed by atoms with Gasteiger partial charge >= 0.3 is 0 Å². The molecule has 0 spiro atoms. The lowest BCUT2D eigenvalue weighted by molar-refractivity contribution is -0.139. The van der Waals surface area contributed by atoms with E-state index in [-0.39, 0.29) is 23.9 Å². The second kappa shape index (κ2) is 12.0. The largest absolute Gasteiger partial charge is 0.354 e. The molecule has 0 aromatic heterocycles. The van der Waals surface area contributed by atoms with Crippen LogP contribution >= 0.6 is 0 Å². The highest BCUT2D eigenvalue weighted by molar-refractivity contribution is 7.92. The maximum absolute atomic E-state index is 14.4. The van der Waals surface area contributed by atoms with E-state index in [1.807, 2.05) is 32.9 Å². The van der Waals surface area contributed by atoms with Gasteiger partial charge < -0.3 is 10.2 Å². The first-order valence-corrected chi connectivity index (χ1v) is 13.2. The lowest BCUT2D eigenvalue weighted by Gasteiger charge is -2.32. The summed E-state index contributed by atoms with van der Waals surface area (Å²) in [7, 11) is -3.83. The fourth-order valence-corrected chi connectivity index (χ4v) is 4.45. The number of sulfonamides is 1. The molecule has 0 aliphatic carbocycles. The number of nitrogens with one attached hydrogen (secondary N) is 1. The fraction of sp³-hybridized carbons (Fsp3) is 0.440. The van der Waals surface area contributed by atoms with Crippen molar-refractivity contribution >= 4 is 27.5 Å². The van der Waals surface area contributed by atoms with Gasteiger partial charge in [-0.1, -0.05) is 57.2 Å². The molecule has 0 saturated carbocycles. The van der Waals surface area contributed by atoms with Gasteiger partial charge in [0.1, 0.15) is 18.4 Å². The van der Waals surface area contributed by atoms with Crippen molar-refractivity contribution in [2.45, 2.75) is 52.6 Å². The van der Waals surface area contributed by atoms with Crippen LogP contribution in [-0.2, 0) is 26.2 Å². The molecule has 2 aromatic rings. The SMILES string of the molecule is CCCNC(=O)[C@H](C)N(Cc1ccccc1F)C(=O)CN(c1ccccc1C(C)C)S(C)(=O)=O. The number of carbonyl (C=O) groups is 2. The third kappa shape index (κ3) is 7.03. The van der Waals surface area contributed by atoms with Gasteiger partial charge in [0.25, 0.3) is 0 Å². The summed E-state index contributed by atoms with van der Waals surface area (Å²) in [5.41, 5.74) is 1.41. The first kappa shape index (κ1) is 27.3. The molecule has 2 rings (SSSR count). The Morgan fingerprint density at radius 3 is 2.24 bits per heavy atom. The number of carbonyl (C=O) groups excluding carboxylic acids is 2. The monoisotopic (exact) mass is 491 g/mol. The van der Waals surface area contributed by atoms with Crippen molar-refractivity contribution in [3.05, 3.63) is 65.5 Å². The normalized spacial score (nSPS) is 12.3. The van der Waals surface area contributed by atoms with Crippen LogP contribution in [0.15, 0.2) is 48.5 Å². The molecule has 34 heavy (non-hydrogen) atoms. The Hall–Kier alpha value is -2.94. The third-order valence-electron chi connectivity index (χ3n) is 5.52. The van der Waals surface area contributed by atoms with Crippen LogP contribution in [0.5, 0.6) is 0 Å². The van der Waals surface area contributed by atoms with E-state index >= 15 is 0 Å². The predicted molar refractivity (Wildman–Crippen MR) is 132 cm³/mol. The van der Waals surface area contributed by atoms with Gasteiger partial charge in [-0.3, -0.25) is 13.9 Å². The van der Waals surface area contributed by atoms with Gasteiger partial charge in [0.05, 0.1) is 11.9 Å². The van der Waals surface area contributed by atoms with Gasteiger partial charge in [0.2, 0.25) is 21.8 Å². The number of hydrogen-bond acceptors (Lipinski definition) is 4. The van der Waals surface area contributed by atoms with Gasteiger partial charge in [0.15, 0.2) is 0 Å². The quantitative estimate of drug-likeness (QED) is 0.520. The molecule has 0 unspecified atom stereocenters. The number of rotatable bonds is 11. The van der Waals surface area contributed by atoms with E-state index in [4.69, 9.17) is 0 Å². The summed E-state index contributed by atoms with van der Waals surface area (Å²) in [4.78, 5) is 27.4. The second-order valence-corrected chi connectivity index (χ2v) is 10.5. The van der Waals surface area contributed by atoms with Crippen molar-refractivity contribution in [3.8, 4) is 0 Å². The van der Waals surface area contributed by atoms with Crippen molar-refractivity contribution < 1.29 is 22.4 Å². The van der Waals surface area contributed by atoms with Crippen LogP contribution < -0.4 is 9.62 Å². The van der Waals surface area contributed by atoms with E-state index in [1.165, 1.54) is 23.1 Å². The maximum Gasteiger partial charge on any atom is 0.244 e. The van der Waals surface area contributed by atoms with E-state index < -0.39 is 34.3 Å². The maximum atomic E-state index is 14.4. The number of para-hydroxylation sites is 1. The van der Waals surface area contributed by atoms with Crippen molar-refractivity contribution in [2.75, 3.05) is 23.7 Å². The summed E-state index contributed by atoms with van der Waals surface area (Å²) in [5.74, 6) is -1.48. The molecular weight excluding hydrogens is 457 g/mol. The van der Waals surface area contributed by atoms with Crippen molar-refractivity contribution in [2.24, 2.45) is 0 Å². The lowest BCUT2D eigenvalue weighted by Crippen LogP contribution is -2.51. The summed E-state index contributed by atoms with van der Waals surface area (Å²) < 4.78 is 40.9.